The second-order valence-electron chi connectivity index (χ2n) is 5.64. The second kappa shape index (κ2) is 7.23. The summed E-state index contributed by atoms with van der Waals surface area (Å²) in [5, 5.41) is 0. The Kier molecular flexibility index (Phi) is 5.34. The van der Waals surface area contributed by atoms with Crippen LogP contribution in [0.1, 0.15) is 23.6 Å². The molecule has 2 rings (SSSR count). The molecule has 0 aliphatic heterocycles. The van der Waals surface area contributed by atoms with Gasteiger partial charge in [-0.05, 0) is 43.9 Å². The van der Waals surface area contributed by atoms with Crippen molar-refractivity contribution in [3.05, 3.63) is 59.2 Å². The van der Waals surface area contributed by atoms with E-state index in [1.807, 2.05) is 12.1 Å². The molecule has 0 amide bonds. The maximum absolute atomic E-state index is 11.6. The molecule has 0 saturated heterocycles. The lowest BCUT2D eigenvalue weighted by Crippen LogP contribution is -2.34. The van der Waals surface area contributed by atoms with Crippen molar-refractivity contribution in [1.29, 1.82) is 0 Å². The largest absolute Gasteiger partial charge is 0.465 e. The molecule has 0 aliphatic carbocycles. The summed E-state index contributed by atoms with van der Waals surface area (Å²) >= 11 is 0. The number of benzene rings is 2. The van der Waals surface area contributed by atoms with E-state index in [1.165, 1.54) is 16.7 Å². The zero-order chi connectivity index (χ0) is 16.1. The lowest BCUT2D eigenvalue weighted by Gasteiger charge is -2.12. The molecule has 3 nitrogen and oxygen atoms in total. The van der Waals surface area contributed by atoms with Crippen molar-refractivity contribution in [3.63, 3.8) is 0 Å². The molecule has 22 heavy (non-hydrogen) atoms. The summed E-state index contributed by atoms with van der Waals surface area (Å²) in [7, 11) is 0. The Bertz CT molecular complexity index is 644. The molecule has 0 radical (unpaired) electrons. The number of hydrogen-bond acceptors (Lipinski definition) is 3. The van der Waals surface area contributed by atoms with Crippen LogP contribution in [-0.2, 0) is 16.0 Å². The number of ether oxygens (including phenoxy) is 1. The standard InChI is InChI=1S/C19H23NO2/c1-4-22-19(21)18(20)12-15-6-5-7-16(11-15)17-9-13(2)8-14(3)10-17/h5-11,18H,4,12,20H2,1-3H3. The summed E-state index contributed by atoms with van der Waals surface area (Å²) in [6.45, 7) is 6.33. The van der Waals surface area contributed by atoms with Gasteiger partial charge in [0.2, 0.25) is 0 Å². The fraction of sp³-hybridized carbons (Fsp3) is 0.316. The Morgan fingerprint density at radius 3 is 2.41 bits per heavy atom. The number of rotatable bonds is 5. The van der Waals surface area contributed by atoms with Crippen LogP contribution < -0.4 is 5.73 Å². The van der Waals surface area contributed by atoms with Gasteiger partial charge in [-0.1, -0.05) is 53.6 Å². The van der Waals surface area contributed by atoms with Crippen LogP contribution in [0.5, 0.6) is 0 Å². The first-order valence-corrected chi connectivity index (χ1v) is 7.59. The van der Waals surface area contributed by atoms with Crippen LogP contribution in [0.25, 0.3) is 11.1 Å². The van der Waals surface area contributed by atoms with Gasteiger partial charge in [-0.25, -0.2) is 0 Å². The fourth-order valence-corrected chi connectivity index (χ4v) is 2.61. The summed E-state index contributed by atoms with van der Waals surface area (Å²) in [4.78, 5) is 11.6. The molecule has 0 spiro atoms. The highest BCUT2D eigenvalue weighted by atomic mass is 16.5. The van der Waals surface area contributed by atoms with Crippen molar-refractivity contribution in [1.82, 2.24) is 0 Å². The van der Waals surface area contributed by atoms with Gasteiger partial charge in [0.15, 0.2) is 0 Å². The molecule has 2 N–H and O–H groups in total. The summed E-state index contributed by atoms with van der Waals surface area (Å²) < 4.78 is 4.96. The van der Waals surface area contributed by atoms with Gasteiger partial charge in [0.25, 0.3) is 0 Å². The number of esters is 1. The number of aryl methyl sites for hydroxylation is 2. The molecule has 1 unspecified atom stereocenters. The van der Waals surface area contributed by atoms with Crippen molar-refractivity contribution in [3.8, 4) is 11.1 Å². The lowest BCUT2D eigenvalue weighted by molar-refractivity contribution is -0.144. The zero-order valence-corrected chi connectivity index (χ0v) is 13.4. The van der Waals surface area contributed by atoms with E-state index >= 15 is 0 Å². The first kappa shape index (κ1) is 16.2. The minimum atomic E-state index is -0.616. The number of carbonyl (C=O) groups is 1. The van der Waals surface area contributed by atoms with Crippen molar-refractivity contribution < 1.29 is 9.53 Å². The molecule has 0 aromatic heterocycles. The quantitative estimate of drug-likeness (QED) is 0.861. The topological polar surface area (TPSA) is 52.3 Å². The summed E-state index contributed by atoms with van der Waals surface area (Å²) in [6, 6.07) is 14.0. The minimum absolute atomic E-state index is 0.348. The number of hydrogen-bond donors (Lipinski definition) is 1. The SMILES string of the molecule is CCOC(=O)C(N)Cc1cccc(-c2cc(C)cc(C)c2)c1. The maximum Gasteiger partial charge on any atom is 0.323 e. The van der Waals surface area contributed by atoms with Gasteiger partial charge >= 0.3 is 5.97 Å². The van der Waals surface area contributed by atoms with Crippen molar-refractivity contribution in [2.75, 3.05) is 6.61 Å². The van der Waals surface area contributed by atoms with Gasteiger partial charge in [-0.2, -0.15) is 0 Å². The van der Waals surface area contributed by atoms with Gasteiger partial charge in [0, 0.05) is 0 Å². The third-order valence-corrected chi connectivity index (χ3v) is 3.53. The zero-order valence-electron chi connectivity index (χ0n) is 13.4. The average Bonchev–Trinajstić information content (AvgIpc) is 2.46. The molecule has 2 aromatic carbocycles. The summed E-state index contributed by atoms with van der Waals surface area (Å²) in [5.41, 5.74) is 11.7. The highest BCUT2D eigenvalue weighted by Gasteiger charge is 2.15. The smallest absolute Gasteiger partial charge is 0.323 e. The van der Waals surface area contributed by atoms with E-state index in [-0.39, 0.29) is 5.97 Å². The molecule has 2 aromatic rings. The van der Waals surface area contributed by atoms with E-state index in [4.69, 9.17) is 10.5 Å². The molecule has 0 bridgehead atoms. The van der Waals surface area contributed by atoms with E-state index in [0.717, 1.165) is 11.1 Å². The van der Waals surface area contributed by atoms with Crippen LogP contribution in [0, 0.1) is 13.8 Å². The highest BCUT2D eigenvalue weighted by molar-refractivity contribution is 5.76. The van der Waals surface area contributed by atoms with E-state index in [0.29, 0.717) is 13.0 Å². The van der Waals surface area contributed by atoms with Gasteiger partial charge in [0.05, 0.1) is 6.61 Å². The number of carbonyl (C=O) groups excluding carboxylic acids is 1. The summed E-state index contributed by atoms with van der Waals surface area (Å²) in [5.74, 6) is -0.348. The van der Waals surface area contributed by atoms with Crippen molar-refractivity contribution >= 4 is 5.97 Å². The molecule has 0 aliphatic rings. The van der Waals surface area contributed by atoms with Gasteiger partial charge in [0.1, 0.15) is 6.04 Å². The number of nitrogens with two attached hydrogens (primary N) is 1. The van der Waals surface area contributed by atoms with E-state index < -0.39 is 6.04 Å². The predicted molar refractivity (Wildman–Crippen MR) is 89.7 cm³/mol. The Morgan fingerprint density at radius 2 is 1.77 bits per heavy atom. The second-order valence-corrected chi connectivity index (χ2v) is 5.64. The first-order valence-electron chi connectivity index (χ1n) is 7.59. The highest BCUT2D eigenvalue weighted by Crippen LogP contribution is 2.23. The lowest BCUT2D eigenvalue weighted by atomic mass is 9.97. The molecule has 0 heterocycles. The molecule has 0 fully saturated rings. The van der Waals surface area contributed by atoms with Crippen LogP contribution >= 0.6 is 0 Å². The Morgan fingerprint density at radius 1 is 1.09 bits per heavy atom. The van der Waals surface area contributed by atoms with E-state index in [2.05, 4.69) is 44.2 Å². The molecule has 3 heteroatoms. The Balaban J connectivity index is 2.21. The van der Waals surface area contributed by atoms with Crippen LogP contribution in [0.4, 0.5) is 0 Å². The predicted octanol–water partition coefficient (Wildman–Crippen LogP) is 3.40. The Hall–Kier alpha value is -2.13. The van der Waals surface area contributed by atoms with Crippen LogP contribution in [-0.4, -0.2) is 18.6 Å². The van der Waals surface area contributed by atoms with Crippen molar-refractivity contribution in [2.24, 2.45) is 5.73 Å². The Labute approximate surface area is 132 Å². The third kappa shape index (κ3) is 4.18. The first-order chi connectivity index (χ1) is 10.5. The van der Waals surface area contributed by atoms with Gasteiger partial charge in [-0.3, -0.25) is 4.79 Å². The third-order valence-electron chi connectivity index (χ3n) is 3.53. The van der Waals surface area contributed by atoms with Crippen LogP contribution in [0.3, 0.4) is 0 Å². The normalized spacial score (nSPS) is 12.0. The van der Waals surface area contributed by atoms with E-state index in [9.17, 15) is 4.79 Å². The fourth-order valence-electron chi connectivity index (χ4n) is 2.61. The monoisotopic (exact) mass is 297 g/mol. The minimum Gasteiger partial charge on any atom is -0.465 e. The van der Waals surface area contributed by atoms with Gasteiger partial charge < -0.3 is 10.5 Å². The molecular formula is C19H23NO2. The molecular weight excluding hydrogens is 274 g/mol. The molecule has 0 saturated carbocycles. The maximum atomic E-state index is 11.6. The molecule has 1 atom stereocenters. The summed E-state index contributed by atoms with van der Waals surface area (Å²) in [6.07, 6.45) is 0.484. The van der Waals surface area contributed by atoms with Gasteiger partial charge in [-0.15, -0.1) is 0 Å². The average molecular weight is 297 g/mol. The van der Waals surface area contributed by atoms with E-state index in [1.54, 1.807) is 6.92 Å². The molecule has 116 valence electrons. The van der Waals surface area contributed by atoms with Crippen molar-refractivity contribution in [2.45, 2.75) is 33.2 Å². The van der Waals surface area contributed by atoms with Crippen LogP contribution in [0.15, 0.2) is 42.5 Å². The van der Waals surface area contributed by atoms with Crippen LogP contribution in [0.2, 0.25) is 0 Å².